The third-order valence-electron chi connectivity index (χ3n) is 7.78. The predicted molar refractivity (Wildman–Crippen MR) is 112 cm³/mol. The minimum Gasteiger partial charge on any atom is -0.341 e. The molecule has 4 aliphatic rings. The van der Waals surface area contributed by atoms with Gasteiger partial charge >= 0.3 is 0 Å². The van der Waals surface area contributed by atoms with E-state index >= 15 is 0 Å². The Kier molecular flexibility index (Phi) is 5.18. The molecule has 3 saturated heterocycles. The van der Waals surface area contributed by atoms with Gasteiger partial charge in [0.2, 0.25) is 5.91 Å². The number of rotatable bonds is 5. The zero-order valence-corrected chi connectivity index (χ0v) is 17.2. The molecule has 1 aromatic rings. The Morgan fingerprint density at radius 3 is 2.46 bits per heavy atom. The molecule has 1 aliphatic carbocycles. The molecular weight excluding hydrogens is 346 g/mol. The normalized spacial score (nSPS) is 28.9. The summed E-state index contributed by atoms with van der Waals surface area (Å²) in [5, 5.41) is 0. The van der Waals surface area contributed by atoms with Crippen molar-refractivity contribution in [3.63, 3.8) is 0 Å². The van der Waals surface area contributed by atoms with Crippen LogP contribution in [0, 0.1) is 5.41 Å². The van der Waals surface area contributed by atoms with E-state index < -0.39 is 0 Å². The Morgan fingerprint density at radius 2 is 1.79 bits per heavy atom. The minimum absolute atomic E-state index is 0.367. The van der Waals surface area contributed by atoms with Crippen LogP contribution < -0.4 is 0 Å². The van der Waals surface area contributed by atoms with Gasteiger partial charge in [0, 0.05) is 45.2 Å². The van der Waals surface area contributed by atoms with Crippen LogP contribution in [0.25, 0.3) is 0 Å². The fraction of sp³-hybridized carbons (Fsp3) is 0.708. The molecule has 0 N–H and O–H groups in total. The largest absolute Gasteiger partial charge is 0.341 e. The zero-order chi connectivity index (χ0) is 19.0. The molecule has 28 heavy (non-hydrogen) atoms. The fourth-order valence-corrected chi connectivity index (χ4v) is 5.91. The molecule has 5 rings (SSSR count). The smallest absolute Gasteiger partial charge is 0.222 e. The van der Waals surface area contributed by atoms with Gasteiger partial charge in [0.1, 0.15) is 0 Å². The maximum Gasteiger partial charge on any atom is 0.222 e. The molecule has 4 nitrogen and oxygen atoms in total. The molecule has 3 aliphatic heterocycles. The van der Waals surface area contributed by atoms with Crippen molar-refractivity contribution < 1.29 is 4.79 Å². The van der Waals surface area contributed by atoms with Crippen molar-refractivity contribution in [2.24, 2.45) is 5.41 Å². The van der Waals surface area contributed by atoms with Crippen LogP contribution in [0.4, 0.5) is 0 Å². The number of nitrogens with zero attached hydrogens (tertiary/aromatic N) is 3. The topological polar surface area (TPSA) is 26.8 Å². The van der Waals surface area contributed by atoms with Gasteiger partial charge in [-0.2, -0.15) is 0 Å². The molecular formula is C24H35N3O. The van der Waals surface area contributed by atoms with Crippen LogP contribution in [-0.4, -0.2) is 72.5 Å². The second kappa shape index (κ2) is 7.79. The summed E-state index contributed by atoms with van der Waals surface area (Å²) in [5.74, 6) is 1.07. The van der Waals surface area contributed by atoms with Gasteiger partial charge < -0.3 is 9.80 Å². The standard InChI is InChI=1S/C24H35N3O/c28-23-7-4-12-26(23)16-15-25-13-10-24(11-14-25)17-21(20-5-2-1-3-6-20)18-27(19-24)22-8-9-22/h1-3,5-6,21-22H,4,7-19H2. The maximum absolute atomic E-state index is 11.9. The summed E-state index contributed by atoms with van der Waals surface area (Å²) in [6.45, 7) is 7.98. The molecule has 152 valence electrons. The van der Waals surface area contributed by atoms with Gasteiger partial charge in [-0.1, -0.05) is 30.3 Å². The average molecular weight is 382 g/mol. The molecule has 1 atom stereocenters. The first-order valence-corrected chi connectivity index (χ1v) is 11.5. The second-order valence-electron chi connectivity index (χ2n) is 9.80. The summed E-state index contributed by atoms with van der Waals surface area (Å²) >= 11 is 0. The molecule has 1 spiro atoms. The lowest BCUT2D eigenvalue weighted by Crippen LogP contribution is -2.52. The van der Waals surface area contributed by atoms with Crippen molar-refractivity contribution in [1.29, 1.82) is 0 Å². The number of hydrogen-bond donors (Lipinski definition) is 0. The third kappa shape index (κ3) is 3.99. The minimum atomic E-state index is 0.367. The summed E-state index contributed by atoms with van der Waals surface area (Å²) < 4.78 is 0. The third-order valence-corrected chi connectivity index (χ3v) is 7.78. The molecule has 0 radical (unpaired) electrons. The van der Waals surface area contributed by atoms with E-state index in [0.717, 1.165) is 38.5 Å². The van der Waals surface area contributed by atoms with Crippen molar-refractivity contribution in [3.05, 3.63) is 35.9 Å². The van der Waals surface area contributed by atoms with Crippen LogP contribution in [0.3, 0.4) is 0 Å². The van der Waals surface area contributed by atoms with E-state index in [1.165, 1.54) is 58.3 Å². The predicted octanol–water partition coefficient (Wildman–Crippen LogP) is 3.34. The summed E-state index contributed by atoms with van der Waals surface area (Å²) in [6.07, 6.45) is 8.65. The zero-order valence-electron chi connectivity index (χ0n) is 17.2. The number of amides is 1. The summed E-state index contributed by atoms with van der Waals surface area (Å²) in [7, 11) is 0. The van der Waals surface area contributed by atoms with E-state index in [2.05, 4.69) is 45.0 Å². The van der Waals surface area contributed by atoms with Gasteiger partial charge in [-0.25, -0.2) is 0 Å². The van der Waals surface area contributed by atoms with Crippen molar-refractivity contribution in [1.82, 2.24) is 14.7 Å². The lowest BCUT2D eigenvalue weighted by molar-refractivity contribution is -0.128. The van der Waals surface area contributed by atoms with E-state index in [0.29, 0.717) is 17.2 Å². The van der Waals surface area contributed by atoms with E-state index in [4.69, 9.17) is 0 Å². The Morgan fingerprint density at radius 1 is 1.00 bits per heavy atom. The number of piperidine rings is 2. The fourth-order valence-electron chi connectivity index (χ4n) is 5.91. The van der Waals surface area contributed by atoms with Gasteiger partial charge in [-0.05, 0) is 68.5 Å². The number of benzene rings is 1. The van der Waals surface area contributed by atoms with Crippen LogP contribution in [0.5, 0.6) is 0 Å². The van der Waals surface area contributed by atoms with Crippen LogP contribution in [0.2, 0.25) is 0 Å². The van der Waals surface area contributed by atoms with Crippen LogP contribution in [0.15, 0.2) is 30.3 Å². The Bertz CT molecular complexity index is 678. The molecule has 0 bridgehead atoms. The van der Waals surface area contributed by atoms with Crippen molar-refractivity contribution in [2.75, 3.05) is 45.8 Å². The highest BCUT2D eigenvalue weighted by molar-refractivity contribution is 5.78. The highest BCUT2D eigenvalue weighted by Crippen LogP contribution is 2.47. The van der Waals surface area contributed by atoms with E-state index in [1.807, 2.05) is 0 Å². The lowest BCUT2D eigenvalue weighted by Gasteiger charge is -2.50. The molecule has 1 amide bonds. The lowest BCUT2D eigenvalue weighted by atomic mass is 9.68. The van der Waals surface area contributed by atoms with Crippen molar-refractivity contribution in [3.8, 4) is 0 Å². The van der Waals surface area contributed by atoms with Crippen LogP contribution in [0.1, 0.15) is 56.4 Å². The molecule has 1 aromatic carbocycles. The van der Waals surface area contributed by atoms with Crippen molar-refractivity contribution in [2.45, 2.75) is 56.9 Å². The first-order chi connectivity index (χ1) is 13.7. The van der Waals surface area contributed by atoms with Gasteiger partial charge in [0.25, 0.3) is 0 Å². The summed E-state index contributed by atoms with van der Waals surface area (Å²) in [6, 6.07) is 12.1. The Balaban J connectivity index is 1.21. The highest BCUT2D eigenvalue weighted by atomic mass is 16.2. The number of carbonyl (C=O) groups is 1. The summed E-state index contributed by atoms with van der Waals surface area (Å²) in [4.78, 5) is 19.4. The maximum atomic E-state index is 11.9. The van der Waals surface area contributed by atoms with Crippen LogP contribution in [-0.2, 0) is 4.79 Å². The van der Waals surface area contributed by atoms with E-state index in [1.54, 1.807) is 5.56 Å². The average Bonchev–Trinajstić information content (AvgIpc) is 3.50. The van der Waals surface area contributed by atoms with Crippen molar-refractivity contribution >= 4 is 5.91 Å². The molecule has 4 heteroatoms. The SMILES string of the molecule is O=C1CCCN1CCN1CCC2(CC1)CC(c1ccccc1)CN(C1CC1)C2. The number of hydrogen-bond acceptors (Lipinski definition) is 3. The Hall–Kier alpha value is -1.39. The molecule has 1 saturated carbocycles. The summed E-state index contributed by atoms with van der Waals surface area (Å²) in [5.41, 5.74) is 2.05. The monoisotopic (exact) mass is 381 g/mol. The van der Waals surface area contributed by atoms with E-state index in [9.17, 15) is 4.79 Å². The highest BCUT2D eigenvalue weighted by Gasteiger charge is 2.45. The van der Waals surface area contributed by atoms with Crippen LogP contribution >= 0.6 is 0 Å². The van der Waals surface area contributed by atoms with Gasteiger partial charge in [0.15, 0.2) is 0 Å². The first-order valence-electron chi connectivity index (χ1n) is 11.5. The Labute approximate surface area is 169 Å². The molecule has 4 fully saturated rings. The van der Waals surface area contributed by atoms with E-state index in [-0.39, 0.29) is 0 Å². The van der Waals surface area contributed by atoms with Gasteiger partial charge in [-0.15, -0.1) is 0 Å². The number of carbonyl (C=O) groups excluding carboxylic acids is 1. The van der Waals surface area contributed by atoms with Gasteiger partial charge in [0.05, 0.1) is 0 Å². The quantitative estimate of drug-likeness (QED) is 0.783. The molecule has 3 heterocycles. The number of likely N-dealkylation sites (tertiary alicyclic amines) is 3. The van der Waals surface area contributed by atoms with Gasteiger partial charge in [-0.3, -0.25) is 9.69 Å². The second-order valence-corrected chi connectivity index (χ2v) is 9.80. The molecule has 0 aromatic heterocycles. The first kappa shape index (κ1) is 18.6. The molecule has 1 unspecified atom stereocenters.